The highest BCUT2D eigenvalue weighted by Crippen LogP contribution is 2.32. The zero-order chi connectivity index (χ0) is 22.6. The summed E-state index contributed by atoms with van der Waals surface area (Å²) in [5, 5.41) is 5.31. The van der Waals surface area contributed by atoms with E-state index in [1.165, 1.54) is 4.68 Å². The lowest BCUT2D eigenvalue weighted by Gasteiger charge is -2.27. The van der Waals surface area contributed by atoms with Crippen molar-refractivity contribution in [2.24, 2.45) is 7.05 Å². The molecule has 1 aliphatic rings. The van der Waals surface area contributed by atoms with Gasteiger partial charge in [0.1, 0.15) is 0 Å². The van der Waals surface area contributed by atoms with Crippen LogP contribution < -0.4 is 0 Å². The number of aryl methyl sites for hydroxylation is 1. The average molecular weight is 501 g/mol. The molecule has 2 aromatic heterocycles. The summed E-state index contributed by atoms with van der Waals surface area (Å²) in [5.74, 6) is -4.14. The van der Waals surface area contributed by atoms with Crippen molar-refractivity contribution in [1.29, 1.82) is 0 Å². The van der Waals surface area contributed by atoms with Crippen molar-refractivity contribution in [2.75, 3.05) is 6.54 Å². The monoisotopic (exact) mass is 500 g/mol. The van der Waals surface area contributed by atoms with E-state index >= 15 is 0 Å². The Morgan fingerprint density at radius 1 is 1.09 bits per heavy atom. The number of hydrogen-bond donors (Lipinski definition) is 0. The lowest BCUT2D eigenvalue weighted by molar-refractivity contribution is 0.0732. The van der Waals surface area contributed by atoms with Crippen LogP contribution in [0.2, 0.25) is 0 Å². The van der Waals surface area contributed by atoms with Crippen LogP contribution in [0.1, 0.15) is 21.6 Å². The molecule has 2 aromatic carbocycles. The highest BCUT2D eigenvalue weighted by molar-refractivity contribution is 9.10. The van der Waals surface area contributed by atoms with Gasteiger partial charge in [0.25, 0.3) is 5.91 Å². The van der Waals surface area contributed by atoms with E-state index in [-0.39, 0.29) is 18.0 Å². The molecular weight excluding hydrogens is 485 g/mol. The normalized spacial score (nSPS) is 13.5. The van der Waals surface area contributed by atoms with Crippen LogP contribution in [0, 0.1) is 17.5 Å². The van der Waals surface area contributed by atoms with Crippen molar-refractivity contribution in [2.45, 2.75) is 13.0 Å². The topological polar surface area (TPSA) is 51.0 Å². The summed E-state index contributed by atoms with van der Waals surface area (Å²) in [6.45, 7) is 0.684. The second-order valence-corrected chi connectivity index (χ2v) is 8.51. The third kappa shape index (κ3) is 3.37. The molecule has 1 amide bonds. The van der Waals surface area contributed by atoms with Crippen molar-refractivity contribution < 1.29 is 18.0 Å². The van der Waals surface area contributed by atoms with Crippen molar-refractivity contribution in [3.05, 3.63) is 81.3 Å². The molecule has 0 saturated carbocycles. The van der Waals surface area contributed by atoms with E-state index in [0.717, 1.165) is 33.1 Å². The van der Waals surface area contributed by atoms with Gasteiger partial charge in [0.15, 0.2) is 17.5 Å². The van der Waals surface area contributed by atoms with E-state index in [0.29, 0.717) is 29.9 Å². The number of carbonyl (C=O) groups is 1. The Labute approximate surface area is 189 Å². The Balaban J connectivity index is 1.47. The van der Waals surface area contributed by atoms with E-state index in [4.69, 9.17) is 0 Å². The molecule has 1 aliphatic heterocycles. The molecule has 0 fully saturated rings. The number of benzene rings is 2. The van der Waals surface area contributed by atoms with E-state index < -0.39 is 17.5 Å². The minimum Gasteiger partial charge on any atom is -0.332 e. The van der Waals surface area contributed by atoms with Gasteiger partial charge in [-0.2, -0.15) is 5.10 Å². The SMILES string of the molecule is Cn1nc2c(c1-c1cc(F)c(F)c(F)c1)CCN(C(=O)c1ccc3nccc(Br)c3c1)C2. The van der Waals surface area contributed by atoms with Crippen molar-refractivity contribution >= 4 is 32.7 Å². The maximum atomic E-state index is 13.8. The molecule has 0 bridgehead atoms. The Bertz CT molecular complexity index is 1380. The Morgan fingerprint density at radius 3 is 2.59 bits per heavy atom. The van der Waals surface area contributed by atoms with Crippen LogP contribution in [0.3, 0.4) is 0 Å². The molecule has 9 heteroatoms. The van der Waals surface area contributed by atoms with Gasteiger partial charge in [0, 0.05) is 46.3 Å². The zero-order valence-electron chi connectivity index (χ0n) is 16.9. The van der Waals surface area contributed by atoms with Crippen LogP contribution in [0.25, 0.3) is 22.2 Å². The standard InChI is InChI=1S/C23H16BrF3N4O/c1-30-22(13-9-17(25)21(27)18(26)10-13)14-5-7-31(11-20(14)29-30)23(32)12-2-3-19-15(8-12)16(24)4-6-28-19/h2-4,6,8-10H,5,7,11H2,1H3. The second kappa shape index (κ2) is 7.74. The van der Waals surface area contributed by atoms with Crippen LogP contribution in [0.5, 0.6) is 0 Å². The van der Waals surface area contributed by atoms with Gasteiger partial charge in [-0.1, -0.05) is 15.9 Å². The van der Waals surface area contributed by atoms with E-state index in [9.17, 15) is 18.0 Å². The summed E-state index contributed by atoms with van der Waals surface area (Å²) in [4.78, 5) is 19.2. The Hall–Kier alpha value is -3.20. The molecule has 5 nitrogen and oxygen atoms in total. The maximum Gasteiger partial charge on any atom is 0.254 e. The third-order valence-corrected chi connectivity index (χ3v) is 6.37. The van der Waals surface area contributed by atoms with Crippen molar-refractivity contribution in [3.8, 4) is 11.3 Å². The summed E-state index contributed by atoms with van der Waals surface area (Å²) in [7, 11) is 1.66. The number of hydrogen-bond acceptors (Lipinski definition) is 3. The zero-order valence-corrected chi connectivity index (χ0v) is 18.5. The lowest BCUT2D eigenvalue weighted by Crippen LogP contribution is -2.36. The number of nitrogens with zero attached hydrogens (tertiary/aromatic N) is 4. The first-order chi connectivity index (χ1) is 15.3. The Morgan fingerprint density at radius 2 is 1.84 bits per heavy atom. The minimum absolute atomic E-state index is 0.139. The van der Waals surface area contributed by atoms with E-state index in [1.807, 2.05) is 6.07 Å². The van der Waals surface area contributed by atoms with Crippen LogP contribution >= 0.6 is 15.9 Å². The number of rotatable bonds is 2. The molecule has 4 aromatic rings. The van der Waals surface area contributed by atoms with Crippen molar-refractivity contribution in [3.63, 3.8) is 0 Å². The van der Waals surface area contributed by atoms with Gasteiger partial charge in [-0.15, -0.1) is 0 Å². The highest BCUT2D eigenvalue weighted by Gasteiger charge is 2.28. The van der Waals surface area contributed by atoms with Gasteiger partial charge in [-0.05, 0) is 42.8 Å². The lowest BCUT2D eigenvalue weighted by atomic mass is 9.99. The number of aromatic nitrogens is 3. The number of fused-ring (bicyclic) bond motifs is 2. The number of halogens is 4. The Kier molecular flexibility index (Phi) is 5.00. The number of carbonyl (C=O) groups excluding carboxylic acids is 1. The predicted molar refractivity (Wildman–Crippen MR) is 116 cm³/mol. The fourth-order valence-corrected chi connectivity index (χ4v) is 4.61. The molecular formula is C23H16BrF3N4O. The maximum absolute atomic E-state index is 13.8. The van der Waals surface area contributed by atoms with Crippen LogP contribution in [-0.2, 0) is 20.0 Å². The molecule has 5 rings (SSSR count). The first kappa shape index (κ1) is 20.7. The first-order valence-electron chi connectivity index (χ1n) is 9.86. The molecule has 0 atom stereocenters. The molecule has 0 saturated heterocycles. The van der Waals surface area contributed by atoms with Crippen LogP contribution in [0.15, 0.2) is 47.1 Å². The molecule has 32 heavy (non-hydrogen) atoms. The fourth-order valence-electron chi connectivity index (χ4n) is 4.17. The third-order valence-electron chi connectivity index (χ3n) is 5.68. The van der Waals surface area contributed by atoms with Gasteiger partial charge in [0.05, 0.1) is 23.4 Å². The van der Waals surface area contributed by atoms with Gasteiger partial charge < -0.3 is 4.90 Å². The van der Waals surface area contributed by atoms with Gasteiger partial charge in [0.2, 0.25) is 0 Å². The van der Waals surface area contributed by atoms with Crippen molar-refractivity contribution in [1.82, 2.24) is 19.7 Å². The summed E-state index contributed by atoms with van der Waals surface area (Å²) in [5.41, 5.74) is 3.50. The highest BCUT2D eigenvalue weighted by atomic mass is 79.9. The largest absolute Gasteiger partial charge is 0.332 e. The number of pyridine rings is 1. The van der Waals surface area contributed by atoms with E-state index in [2.05, 4.69) is 26.0 Å². The smallest absolute Gasteiger partial charge is 0.254 e. The molecule has 0 unspecified atom stereocenters. The molecule has 162 valence electrons. The second-order valence-electron chi connectivity index (χ2n) is 7.65. The molecule has 0 radical (unpaired) electrons. The molecule has 0 spiro atoms. The minimum atomic E-state index is -1.50. The van der Waals surface area contributed by atoms with Gasteiger partial charge in [-0.25, -0.2) is 13.2 Å². The molecule has 3 heterocycles. The summed E-state index contributed by atoms with van der Waals surface area (Å²) in [6.07, 6.45) is 2.15. The van der Waals surface area contributed by atoms with Gasteiger partial charge in [-0.3, -0.25) is 14.5 Å². The summed E-state index contributed by atoms with van der Waals surface area (Å²) < 4.78 is 43.3. The molecule has 0 aliphatic carbocycles. The summed E-state index contributed by atoms with van der Waals surface area (Å²) >= 11 is 3.49. The van der Waals surface area contributed by atoms with E-state index in [1.54, 1.807) is 36.3 Å². The fraction of sp³-hybridized carbons (Fsp3) is 0.174. The van der Waals surface area contributed by atoms with Crippen LogP contribution in [-0.4, -0.2) is 32.1 Å². The first-order valence-corrected chi connectivity index (χ1v) is 10.7. The quantitative estimate of drug-likeness (QED) is 0.363. The molecule has 0 N–H and O–H groups in total. The number of amides is 1. The average Bonchev–Trinajstić information content (AvgIpc) is 3.11. The summed E-state index contributed by atoms with van der Waals surface area (Å²) in [6, 6.07) is 9.10. The predicted octanol–water partition coefficient (Wildman–Crippen LogP) is 5.01. The van der Waals surface area contributed by atoms with Crippen LogP contribution in [0.4, 0.5) is 13.2 Å². The van der Waals surface area contributed by atoms with Gasteiger partial charge >= 0.3 is 0 Å².